The molecule has 0 aliphatic carbocycles. The second-order valence-electron chi connectivity index (χ2n) is 8.17. The van der Waals surface area contributed by atoms with Crippen LogP contribution < -0.4 is 10.3 Å². The number of aromatic nitrogens is 2. The number of carbonyl (C=O) groups excluding carboxylic acids is 2. The number of aryl methyl sites for hydroxylation is 1. The first-order valence-corrected chi connectivity index (χ1v) is 11.2. The number of piperidine rings is 1. The van der Waals surface area contributed by atoms with Crippen molar-refractivity contribution in [3.63, 3.8) is 0 Å². The Hall–Kier alpha value is -2.90. The first-order valence-electron chi connectivity index (χ1n) is 11.2. The van der Waals surface area contributed by atoms with Gasteiger partial charge in [0.05, 0.1) is 23.4 Å². The van der Waals surface area contributed by atoms with E-state index in [4.69, 9.17) is 9.47 Å². The number of hydrogen-bond donors (Lipinski definition) is 0. The van der Waals surface area contributed by atoms with E-state index in [1.165, 1.54) is 0 Å². The standard InChI is InChI=1S/C23H29N3O5/c1-2-30-23(29)16-9-12-25(13-10-16)21(27)15-31-17-7-8-19-18(14-17)22(28)26-11-5-3-4-6-20(26)24-19/h7-8,14,16H,2-6,9-13,15H2,1H3. The minimum Gasteiger partial charge on any atom is -0.484 e. The van der Waals surface area contributed by atoms with Gasteiger partial charge >= 0.3 is 5.97 Å². The lowest BCUT2D eigenvalue weighted by atomic mass is 9.97. The summed E-state index contributed by atoms with van der Waals surface area (Å²) in [5.41, 5.74) is 0.623. The number of hydrogen-bond acceptors (Lipinski definition) is 6. The monoisotopic (exact) mass is 427 g/mol. The molecule has 1 amide bonds. The molecule has 0 bridgehead atoms. The molecule has 166 valence electrons. The van der Waals surface area contributed by atoms with Crippen LogP contribution in [-0.4, -0.2) is 52.6 Å². The molecule has 0 unspecified atom stereocenters. The van der Waals surface area contributed by atoms with Gasteiger partial charge in [-0.3, -0.25) is 19.0 Å². The maximum atomic E-state index is 13.0. The first kappa shape index (κ1) is 21.3. The average Bonchev–Trinajstić information content (AvgIpc) is 3.04. The zero-order valence-corrected chi connectivity index (χ0v) is 18.0. The van der Waals surface area contributed by atoms with Crippen molar-refractivity contribution in [1.82, 2.24) is 14.5 Å². The fourth-order valence-corrected chi connectivity index (χ4v) is 4.35. The van der Waals surface area contributed by atoms with Crippen LogP contribution in [0.1, 0.15) is 44.9 Å². The second kappa shape index (κ2) is 9.49. The molecule has 0 N–H and O–H groups in total. The summed E-state index contributed by atoms with van der Waals surface area (Å²) in [5, 5.41) is 0.519. The largest absolute Gasteiger partial charge is 0.484 e. The number of carbonyl (C=O) groups is 2. The van der Waals surface area contributed by atoms with Crippen molar-refractivity contribution < 1.29 is 19.1 Å². The van der Waals surface area contributed by atoms with E-state index in [1.54, 1.807) is 34.6 Å². The molecule has 1 saturated heterocycles. The lowest BCUT2D eigenvalue weighted by Crippen LogP contribution is -2.42. The molecule has 2 aliphatic heterocycles. The van der Waals surface area contributed by atoms with Gasteiger partial charge in [0.1, 0.15) is 11.6 Å². The summed E-state index contributed by atoms with van der Waals surface area (Å²) >= 11 is 0. The van der Waals surface area contributed by atoms with E-state index in [1.807, 2.05) is 0 Å². The zero-order chi connectivity index (χ0) is 21.8. The van der Waals surface area contributed by atoms with Crippen LogP contribution in [0, 0.1) is 5.92 Å². The van der Waals surface area contributed by atoms with E-state index >= 15 is 0 Å². The highest BCUT2D eigenvalue weighted by atomic mass is 16.5. The predicted molar refractivity (Wildman–Crippen MR) is 115 cm³/mol. The molecule has 4 rings (SSSR count). The summed E-state index contributed by atoms with van der Waals surface area (Å²) in [6, 6.07) is 5.22. The third-order valence-corrected chi connectivity index (χ3v) is 6.12. The number of rotatable bonds is 5. The highest BCUT2D eigenvalue weighted by molar-refractivity contribution is 5.81. The second-order valence-corrected chi connectivity index (χ2v) is 8.17. The normalized spacial score (nSPS) is 17.1. The molecule has 0 saturated carbocycles. The van der Waals surface area contributed by atoms with Crippen LogP contribution in [0.5, 0.6) is 5.75 Å². The van der Waals surface area contributed by atoms with Gasteiger partial charge in [-0.1, -0.05) is 6.42 Å². The van der Waals surface area contributed by atoms with Crippen LogP contribution in [0.3, 0.4) is 0 Å². The van der Waals surface area contributed by atoms with E-state index in [-0.39, 0.29) is 30.0 Å². The summed E-state index contributed by atoms with van der Waals surface area (Å²) in [5.74, 6) is 0.889. The van der Waals surface area contributed by atoms with Gasteiger partial charge in [-0.05, 0) is 50.8 Å². The summed E-state index contributed by atoms with van der Waals surface area (Å²) in [6.45, 7) is 3.79. The molecule has 1 fully saturated rings. The Morgan fingerprint density at radius 3 is 2.71 bits per heavy atom. The Morgan fingerprint density at radius 2 is 1.94 bits per heavy atom. The molecule has 31 heavy (non-hydrogen) atoms. The van der Waals surface area contributed by atoms with E-state index in [2.05, 4.69) is 4.98 Å². The number of nitrogens with zero attached hydrogens (tertiary/aromatic N) is 3. The summed E-state index contributed by atoms with van der Waals surface area (Å²) in [7, 11) is 0. The molecule has 0 radical (unpaired) electrons. The molecule has 8 heteroatoms. The van der Waals surface area contributed by atoms with Crippen molar-refractivity contribution in [2.75, 3.05) is 26.3 Å². The van der Waals surface area contributed by atoms with Crippen molar-refractivity contribution in [2.24, 2.45) is 5.92 Å². The SMILES string of the molecule is CCOC(=O)C1CCN(C(=O)COc2ccc3nc4n(c(=O)c3c2)CCCCC4)CC1. The lowest BCUT2D eigenvalue weighted by molar-refractivity contribution is -0.151. The smallest absolute Gasteiger partial charge is 0.309 e. The number of benzene rings is 1. The number of likely N-dealkylation sites (tertiary alicyclic amines) is 1. The molecule has 2 aromatic rings. The van der Waals surface area contributed by atoms with Crippen molar-refractivity contribution in [3.8, 4) is 5.75 Å². The van der Waals surface area contributed by atoms with Gasteiger partial charge in [0.25, 0.3) is 11.5 Å². The Morgan fingerprint density at radius 1 is 1.13 bits per heavy atom. The van der Waals surface area contributed by atoms with E-state index < -0.39 is 0 Å². The Kier molecular flexibility index (Phi) is 6.53. The third kappa shape index (κ3) is 4.73. The average molecular weight is 428 g/mol. The van der Waals surface area contributed by atoms with Crippen LogP contribution in [-0.2, 0) is 27.3 Å². The molecule has 8 nitrogen and oxygen atoms in total. The van der Waals surface area contributed by atoms with Crippen molar-refractivity contribution in [3.05, 3.63) is 34.4 Å². The molecule has 0 spiro atoms. The lowest BCUT2D eigenvalue weighted by Gasteiger charge is -2.30. The maximum absolute atomic E-state index is 13.0. The van der Waals surface area contributed by atoms with Gasteiger partial charge in [0.2, 0.25) is 0 Å². The van der Waals surface area contributed by atoms with Gasteiger partial charge in [0.15, 0.2) is 6.61 Å². The van der Waals surface area contributed by atoms with Gasteiger partial charge in [-0.25, -0.2) is 4.98 Å². The van der Waals surface area contributed by atoms with Crippen LogP contribution >= 0.6 is 0 Å². The van der Waals surface area contributed by atoms with E-state index in [9.17, 15) is 14.4 Å². The molecule has 1 aromatic heterocycles. The molecule has 2 aliphatic rings. The van der Waals surface area contributed by atoms with Crippen molar-refractivity contribution in [1.29, 1.82) is 0 Å². The summed E-state index contributed by atoms with van der Waals surface area (Å²) in [6.07, 6.45) is 5.18. The number of ether oxygens (including phenoxy) is 2. The number of fused-ring (bicyclic) bond motifs is 2. The quantitative estimate of drug-likeness (QED) is 0.680. The molecule has 1 aromatic carbocycles. The molecule has 0 atom stereocenters. The summed E-state index contributed by atoms with van der Waals surface area (Å²) < 4.78 is 12.6. The van der Waals surface area contributed by atoms with Gasteiger partial charge in [0, 0.05) is 26.1 Å². The van der Waals surface area contributed by atoms with Gasteiger partial charge in [-0.15, -0.1) is 0 Å². The fourth-order valence-electron chi connectivity index (χ4n) is 4.35. The van der Waals surface area contributed by atoms with Crippen LogP contribution in [0.15, 0.2) is 23.0 Å². The Balaban J connectivity index is 1.39. The van der Waals surface area contributed by atoms with Crippen LogP contribution in [0.2, 0.25) is 0 Å². The highest BCUT2D eigenvalue weighted by Crippen LogP contribution is 2.21. The van der Waals surface area contributed by atoms with E-state index in [0.717, 1.165) is 31.5 Å². The Labute approximate surface area is 181 Å². The van der Waals surface area contributed by atoms with E-state index in [0.29, 0.717) is 55.7 Å². The minimum atomic E-state index is -0.181. The predicted octanol–water partition coefficient (Wildman–Crippen LogP) is 2.30. The number of esters is 1. The van der Waals surface area contributed by atoms with Gasteiger partial charge in [-0.2, -0.15) is 0 Å². The Bertz CT molecular complexity index is 1020. The summed E-state index contributed by atoms with van der Waals surface area (Å²) in [4.78, 5) is 43.7. The van der Waals surface area contributed by atoms with Gasteiger partial charge < -0.3 is 14.4 Å². The third-order valence-electron chi connectivity index (χ3n) is 6.12. The minimum absolute atomic E-state index is 0.0419. The number of amides is 1. The zero-order valence-electron chi connectivity index (χ0n) is 18.0. The fraction of sp³-hybridized carbons (Fsp3) is 0.565. The molecule has 3 heterocycles. The van der Waals surface area contributed by atoms with Crippen LogP contribution in [0.25, 0.3) is 10.9 Å². The van der Waals surface area contributed by atoms with Crippen molar-refractivity contribution in [2.45, 2.75) is 52.0 Å². The highest BCUT2D eigenvalue weighted by Gasteiger charge is 2.28. The van der Waals surface area contributed by atoms with Crippen molar-refractivity contribution >= 4 is 22.8 Å². The van der Waals surface area contributed by atoms with Crippen LogP contribution in [0.4, 0.5) is 0 Å². The maximum Gasteiger partial charge on any atom is 0.309 e. The topological polar surface area (TPSA) is 90.7 Å². The first-order chi connectivity index (χ1) is 15.1. The molecular formula is C23H29N3O5. The molecular weight excluding hydrogens is 398 g/mol.